The van der Waals surface area contributed by atoms with Crippen LogP contribution in [0.4, 0.5) is 5.69 Å². The molecule has 0 spiro atoms. The lowest BCUT2D eigenvalue weighted by atomic mass is 10.1. The number of nitrogens with one attached hydrogen (secondary N) is 1. The second kappa shape index (κ2) is 8.72. The standard InChI is InChI=1S/C26H23N3O4S/c1-14-9-15(2)11-21(10-14)28-16(3)12-19(17(28)4)13-22-23(30)27-26(34)29(24(22)31)20-7-5-18(6-8-20)25(32)33/h5-13H,1-4H3,(H,32,33)(H,27,30,34)/b22-13+. The lowest BCUT2D eigenvalue weighted by molar-refractivity contribution is -0.122. The van der Waals surface area contributed by atoms with Gasteiger partial charge in [0.25, 0.3) is 11.8 Å². The van der Waals surface area contributed by atoms with Gasteiger partial charge in [0.2, 0.25) is 0 Å². The smallest absolute Gasteiger partial charge is 0.335 e. The topological polar surface area (TPSA) is 91.6 Å². The second-order valence-corrected chi connectivity index (χ2v) is 8.70. The van der Waals surface area contributed by atoms with Crippen molar-refractivity contribution in [2.45, 2.75) is 27.7 Å². The normalized spacial score (nSPS) is 15.1. The summed E-state index contributed by atoms with van der Waals surface area (Å²) >= 11 is 5.23. The molecule has 1 aliphatic rings. The minimum Gasteiger partial charge on any atom is -0.478 e. The van der Waals surface area contributed by atoms with Crippen molar-refractivity contribution >= 4 is 46.9 Å². The van der Waals surface area contributed by atoms with Crippen molar-refractivity contribution in [3.8, 4) is 5.69 Å². The summed E-state index contributed by atoms with van der Waals surface area (Å²) in [6.45, 7) is 7.99. The van der Waals surface area contributed by atoms with E-state index in [1.165, 1.54) is 29.2 Å². The lowest BCUT2D eigenvalue weighted by Gasteiger charge is -2.29. The molecule has 2 heterocycles. The van der Waals surface area contributed by atoms with E-state index in [4.69, 9.17) is 17.3 Å². The van der Waals surface area contributed by atoms with Gasteiger partial charge in [-0.25, -0.2) is 4.79 Å². The van der Waals surface area contributed by atoms with E-state index >= 15 is 0 Å². The Bertz CT molecular complexity index is 1380. The zero-order valence-corrected chi connectivity index (χ0v) is 20.0. The maximum atomic E-state index is 13.3. The predicted molar refractivity (Wildman–Crippen MR) is 134 cm³/mol. The Kier molecular flexibility index (Phi) is 5.93. The summed E-state index contributed by atoms with van der Waals surface area (Å²) in [5.41, 5.74) is 6.28. The number of rotatable bonds is 4. The summed E-state index contributed by atoms with van der Waals surface area (Å²) in [6, 6.07) is 13.9. The molecule has 2 N–H and O–H groups in total. The molecule has 0 bridgehead atoms. The first-order valence-electron chi connectivity index (χ1n) is 10.6. The zero-order chi connectivity index (χ0) is 24.7. The highest BCUT2D eigenvalue weighted by atomic mass is 32.1. The second-order valence-electron chi connectivity index (χ2n) is 8.32. The molecule has 4 rings (SSSR count). The number of carboxylic acids is 1. The quantitative estimate of drug-likeness (QED) is 0.336. The first-order valence-corrected chi connectivity index (χ1v) is 11.0. The molecule has 3 aromatic rings. The van der Waals surface area contributed by atoms with Crippen molar-refractivity contribution in [1.82, 2.24) is 9.88 Å². The van der Waals surface area contributed by atoms with Gasteiger partial charge in [-0.3, -0.25) is 19.8 Å². The Balaban J connectivity index is 1.75. The molecule has 8 heteroatoms. The number of carboxylic acid groups (broad SMARTS) is 1. The van der Waals surface area contributed by atoms with Crippen molar-refractivity contribution in [3.05, 3.63) is 87.7 Å². The summed E-state index contributed by atoms with van der Waals surface area (Å²) in [5.74, 6) is -2.23. The number of benzene rings is 2. The van der Waals surface area contributed by atoms with Gasteiger partial charge in [0, 0.05) is 17.1 Å². The zero-order valence-electron chi connectivity index (χ0n) is 19.2. The highest BCUT2D eigenvalue weighted by Crippen LogP contribution is 2.27. The SMILES string of the molecule is Cc1cc(C)cc(-n2c(C)cc(/C=C3\C(=O)NC(=S)N(c4ccc(C(=O)O)cc4)C3=O)c2C)c1. The molecule has 1 aliphatic heterocycles. The van der Waals surface area contributed by atoms with Gasteiger partial charge in [-0.2, -0.15) is 0 Å². The van der Waals surface area contributed by atoms with Gasteiger partial charge in [0.05, 0.1) is 11.3 Å². The molecule has 0 unspecified atom stereocenters. The van der Waals surface area contributed by atoms with Crippen molar-refractivity contribution in [2.24, 2.45) is 0 Å². The van der Waals surface area contributed by atoms with E-state index in [0.717, 1.165) is 33.8 Å². The number of carbonyl (C=O) groups excluding carboxylic acids is 2. The van der Waals surface area contributed by atoms with Gasteiger partial charge in [-0.05, 0) is 105 Å². The molecule has 7 nitrogen and oxygen atoms in total. The maximum absolute atomic E-state index is 13.3. The molecular weight excluding hydrogens is 450 g/mol. The van der Waals surface area contributed by atoms with Gasteiger partial charge >= 0.3 is 5.97 Å². The summed E-state index contributed by atoms with van der Waals surface area (Å²) in [7, 11) is 0. The number of aromatic nitrogens is 1. The number of aryl methyl sites for hydroxylation is 3. The molecule has 1 saturated heterocycles. The third kappa shape index (κ3) is 4.15. The van der Waals surface area contributed by atoms with E-state index in [0.29, 0.717) is 5.69 Å². The molecule has 0 radical (unpaired) electrons. The van der Waals surface area contributed by atoms with Crippen LogP contribution in [0.2, 0.25) is 0 Å². The van der Waals surface area contributed by atoms with Crippen molar-refractivity contribution < 1.29 is 19.5 Å². The van der Waals surface area contributed by atoms with Crippen LogP contribution in [0.3, 0.4) is 0 Å². The molecule has 0 atom stereocenters. The third-order valence-corrected chi connectivity index (χ3v) is 5.99. The van der Waals surface area contributed by atoms with Crippen LogP contribution in [-0.4, -0.2) is 32.6 Å². The highest BCUT2D eigenvalue weighted by molar-refractivity contribution is 7.80. The van der Waals surface area contributed by atoms with E-state index in [-0.39, 0.29) is 16.2 Å². The average Bonchev–Trinajstić information content (AvgIpc) is 3.03. The molecular formula is C26H23N3O4S. The fourth-order valence-electron chi connectivity index (χ4n) is 4.21. The van der Waals surface area contributed by atoms with Crippen LogP contribution < -0.4 is 10.2 Å². The summed E-state index contributed by atoms with van der Waals surface area (Å²) in [5, 5.41) is 11.6. The van der Waals surface area contributed by atoms with Gasteiger partial charge in [0.15, 0.2) is 5.11 Å². The summed E-state index contributed by atoms with van der Waals surface area (Å²) in [6.07, 6.45) is 1.57. The van der Waals surface area contributed by atoms with Gasteiger partial charge in [-0.1, -0.05) is 6.07 Å². The Morgan fingerprint density at radius 2 is 1.56 bits per heavy atom. The monoisotopic (exact) mass is 473 g/mol. The number of hydrogen-bond donors (Lipinski definition) is 2. The summed E-state index contributed by atoms with van der Waals surface area (Å²) < 4.78 is 2.09. The van der Waals surface area contributed by atoms with Crippen LogP contribution in [-0.2, 0) is 9.59 Å². The van der Waals surface area contributed by atoms with Crippen molar-refractivity contribution in [2.75, 3.05) is 4.90 Å². The van der Waals surface area contributed by atoms with Crippen LogP contribution in [0.5, 0.6) is 0 Å². The Hall–Kier alpha value is -4.04. The molecule has 34 heavy (non-hydrogen) atoms. The van der Waals surface area contributed by atoms with E-state index in [2.05, 4.69) is 28.1 Å². The Morgan fingerprint density at radius 1 is 0.941 bits per heavy atom. The molecule has 1 fully saturated rings. The van der Waals surface area contributed by atoms with Crippen molar-refractivity contribution in [1.29, 1.82) is 0 Å². The molecule has 0 saturated carbocycles. The number of carbonyl (C=O) groups is 3. The van der Waals surface area contributed by atoms with Crippen LogP contribution in [0.25, 0.3) is 11.8 Å². The molecule has 2 amide bonds. The minimum absolute atomic E-state index is 0.0587. The summed E-state index contributed by atoms with van der Waals surface area (Å²) in [4.78, 5) is 38.4. The van der Waals surface area contributed by atoms with Crippen LogP contribution in [0.15, 0.2) is 54.1 Å². The van der Waals surface area contributed by atoms with Gasteiger partial charge < -0.3 is 9.67 Å². The van der Waals surface area contributed by atoms with Gasteiger partial charge in [-0.15, -0.1) is 0 Å². The maximum Gasteiger partial charge on any atom is 0.335 e. The number of aromatic carboxylic acids is 1. The lowest BCUT2D eigenvalue weighted by Crippen LogP contribution is -2.54. The fraction of sp³-hybridized carbons (Fsp3) is 0.154. The predicted octanol–water partition coefficient (Wildman–Crippen LogP) is 4.24. The highest BCUT2D eigenvalue weighted by Gasteiger charge is 2.34. The largest absolute Gasteiger partial charge is 0.478 e. The molecule has 172 valence electrons. The van der Waals surface area contributed by atoms with E-state index in [9.17, 15) is 14.4 Å². The number of nitrogens with zero attached hydrogens (tertiary/aromatic N) is 2. The fourth-order valence-corrected chi connectivity index (χ4v) is 4.49. The van der Waals surface area contributed by atoms with E-state index < -0.39 is 17.8 Å². The number of anilines is 1. The van der Waals surface area contributed by atoms with Crippen LogP contribution in [0, 0.1) is 27.7 Å². The number of amides is 2. The number of thiocarbonyl (C=S) groups is 1. The Morgan fingerprint density at radius 3 is 2.15 bits per heavy atom. The van der Waals surface area contributed by atoms with Gasteiger partial charge in [0.1, 0.15) is 5.57 Å². The average molecular weight is 474 g/mol. The minimum atomic E-state index is -1.08. The van der Waals surface area contributed by atoms with E-state index in [1.807, 2.05) is 33.8 Å². The Labute approximate surface area is 202 Å². The molecule has 1 aromatic heterocycles. The van der Waals surface area contributed by atoms with Crippen LogP contribution in [0.1, 0.15) is 38.4 Å². The van der Waals surface area contributed by atoms with E-state index in [1.54, 1.807) is 6.08 Å². The van der Waals surface area contributed by atoms with Crippen molar-refractivity contribution in [3.63, 3.8) is 0 Å². The first kappa shape index (κ1) is 23.1. The first-order chi connectivity index (χ1) is 16.1. The third-order valence-electron chi connectivity index (χ3n) is 5.71. The molecule has 2 aromatic carbocycles. The van der Waals surface area contributed by atoms with Crippen LogP contribution >= 0.6 is 12.2 Å². The number of hydrogen-bond acceptors (Lipinski definition) is 4. The molecule has 0 aliphatic carbocycles.